The molecule has 3 fully saturated rings. The number of ether oxygens (including phenoxy) is 2. The summed E-state index contributed by atoms with van der Waals surface area (Å²) in [7, 11) is 0. The van der Waals surface area contributed by atoms with E-state index in [4.69, 9.17) is 9.47 Å². The molecular weight excluding hydrogens is 200 g/mol. The maximum absolute atomic E-state index is 5.79. The molecule has 0 radical (unpaired) electrons. The van der Waals surface area contributed by atoms with E-state index in [1.165, 1.54) is 44.9 Å². The fourth-order valence-electron chi connectivity index (χ4n) is 3.94. The Labute approximate surface area is 98.7 Å². The number of rotatable bonds is 1. The third-order valence-electron chi connectivity index (χ3n) is 4.92. The van der Waals surface area contributed by atoms with Crippen LogP contribution in [0, 0.1) is 11.8 Å². The summed E-state index contributed by atoms with van der Waals surface area (Å²) in [6.45, 7) is 1.63. The zero-order chi connectivity index (χ0) is 10.8. The molecule has 2 heteroatoms. The molecule has 1 saturated heterocycles. The topological polar surface area (TPSA) is 18.5 Å². The van der Waals surface area contributed by atoms with Gasteiger partial charge in [0.2, 0.25) is 0 Å². The van der Waals surface area contributed by atoms with E-state index in [9.17, 15) is 0 Å². The molecule has 92 valence electrons. The van der Waals surface area contributed by atoms with Crippen LogP contribution in [0.2, 0.25) is 0 Å². The van der Waals surface area contributed by atoms with Crippen molar-refractivity contribution < 1.29 is 9.47 Å². The highest BCUT2D eigenvalue weighted by Crippen LogP contribution is 2.44. The zero-order valence-electron chi connectivity index (χ0n) is 10.2. The summed E-state index contributed by atoms with van der Waals surface area (Å²) in [5.41, 5.74) is 0. The summed E-state index contributed by atoms with van der Waals surface area (Å²) in [6, 6.07) is 0. The summed E-state index contributed by atoms with van der Waals surface area (Å²) < 4.78 is 11.6. The van der Waals surface area contributed by atoms with Crippen molar-refractivity contribution in [3.05, 3.63) is 0 Å². The molecule has 2 saturated carbocycles. The Balaban J connectivity index is 1.53. The Kier molecular flexibility index (Phi) is 3.21. The highest BCUT2D eigenvalue weighted by atomic mass is 16.7. The van der Waals surface area contributed by atoms with Crippen LogP contribution >= 0.6 is 0 Å². The summed E-state index contributed by atoms with van der Waals surface area (Å²) in [6.07, 6.45) is 12.4. The highest BCUT2D eigenvalue weighted by molar-refractivity contribution is 4.85. The molecule has 0 unspecified atom stereocenters. The van der Waals surface area contributed by atoms with E-state index in [2.05, 4.69) is 0 Å². The van der Waals surface area contributed by atoms with Gasteiger partial charge in [0.05, 0.1) is 13.2 Å². The molecule has 0 aromatic carbocycles. The first-order valence-electron chi connectivity index (χ1n) is 7.16. The van der Waals surface area contributed by atoms with Crippen LogP contribution in [-0.4, -0.2) is 19.0 Å². The van der Waals surface area contributed by atoms with E-state index < -0.39 is 0 Å². The van der Waals surface area contributed by atoms with E-state index in [0.29, 0.717) is 0 Å². The predicted octanol–water partition coefficient (Wildman–Crippen LogP) is 3.50. The number of hydrogen-bond acceptors (Lipinski definition) is 2. The number of hydrogen-bond donors (Lipinski definition) is 0. The first kappa shape index (κ1) is 11.0. The zero-order valence-corrected chi connectivity index (χ0v) is 10.2. The lowest BCUT2D eigenvalue weighted by Gasteiger charge is -2.39. The van der Waals surface area contributed by atoms with Gasteiger partial charge in [-0.15, -0.1) is 0 Å². The van der Waals surface area contributed by atoms with Crippen LogP contribution < -0.4 is 0 Å². The van der Waals surface area contributed by atoms with Gasteiger partial charge in [-0.3, -0.25) is 0 Å². The predicted molar refractivity (Wildman–Crippen MR) is 63.2 cm³/mol. The molecule has 3 rings (SSSR count). The molecule has 2 aliphatic carbocycles. The normalized spacial score (nSPS) is 32.2. The first-order chi connectivity index (χ1) is 7.88. The van der Waals surface area contributed by atoms with Crippen LogP contribution in [0.5, 0.6) is 0 Å². The minimum atomic E-state index is -0.148. The molecule has 1 aliphatic heterocycles. The average molecular weight is 224 g/mol. The van der Waals surface area contributed by atoms with Gasteiger partial charge >= 0.3 is 0 Å². The standard InChI is InChI=1S/C14H24O2/c1-2-4-12(5-3-1)13-6-8-14(9-7-13)15-10-11-16-14/h12-13H,1-11H2. The smallest absolute Gasteiger partial charge is 0.168 e. The highest BCUT2D eigenvalue weighted by Gasteiger charge is 2.41. The van der Waals surface area contributed by atoms with Crippen molar-refractivity contribution >= 4 is 0 Å². The molecule has 0 N–H and O–H groups in total. The molecule has 0 amide bonds. The van der Waals surface area contributed by atoms with Crippen LogP contribution in [0.1, 0.15) is 57.8 Å². The monoisotopic (exact) mass is 224 g/mol. The minimum Gasteiger partial charge on any atom is -0.348 e. The van der Waals surface area contributed by atoms with Crippen LogP contribution in [0.3, 0.4) is 0 Å². The van der Waals surface area contributed by atoms with Gasteiger partial charge < -0.3 is 9.47 Å². The van der Waals surface area contributed by atoms with Gasteiger partial charge in [0.25, 0.3) is 0 Å². The molecule has 0 aromatic rings. The third kappa shape index (κ3) is 2.14. The van der Waals surface area contributed by atoms with Crippen LogP contribution in [0.25, 0.3) is 0 Å². The van der Waals surface area contributed by atoms with Crippen molar-refractivity contribution in [2.45, 2.75) is 63.6 Å². The molecule has 0 atom stereocenters. The van der Waals surface area contributed by atoms with Gasteiger partial charge in [-0.05, 0) is 24.7 Å². The maximum atomic E-state index is 5.79. The molecular formula is C14H24O2. The Morgan fingerprint density at radius 2 is 1.25 bits per heavy atom. The van der Waals surface area contributed by atoms with Crippen molar-refractivity contribution in [1.82, 2.24) is 0 Å². The van der Waals surface area contributed by atoms with Crippen molar-refractivity contribution in [1.29, 1.82) is 0 Å². The second-order valence-electron chi connectivity index (χ2n) is 5.84. The Bertz CT molecular complexity index is 217. The summed E-state index contributed by atoms with van der Waals surface area (Å²) in [5, 5.41) is 0. The SMILES string of the molecule is C1CCC(C2CCC3(CC2)OCCO3)CC1. The second kappa shape index (κ2) is 4.66. The van der Waals surface area contributed by atoms with Gasteiger partial charge in [-0.25, -0.2) is 0 Å². The third-order valence-corrected chi connectivity index (χ3v) is 4.92. The van der Waals surface area contributed by atoms with E-state index in [1.54, 1.807) is 0 Å². The van der Waals surface area contributed by atoms with Gasteiger partial charge in [-0.2, -0.15) is 0 Å². The van der Waals surface area contributed by atoms with Crippen molar-refractivity contribution in [3.8, 4) is 0 Å². The Morgan fingerprint density at radius 1 is 0.688 bits per heavy atom. The van der Waals surface area contributed by atoms with Gasteiger partial charge in [-0.1, -0.05) is 32.1 Å². The van der Waals surface area contributed by atoms with Gasteiger partial charge in [0.15, 0.2) is 5.79 Å². The maximum Gasteiger partial charge on any atom is 0.168 e. The first-order valence-corrected chi connectivity index (χ1v) is 7.16. The Hall–Kier alpha value is -0.0800. The average Bonchev–Trinajstić information content (AvgIpc) is 2.80. The lowest BCUT2D eigenvalue weighted by Crippen LogP contribution is -2.37. The molecule has 0 bridgehead atoms. The van der Waals surface area contributed by atoms with E-state index in [1.807, 2.05) is 0 Å². The van der Waals surface area contributed by atoms with Crippen molar-refractivity contribution in [2.75, 3.05) is 13.2 Å². The summed E-state index contributed by atoms with van der Waals surface area (Å²) >= 11 is 0. The largest absolute Gasteiger partial charge is 0.348 e. The molecule has 16 heavy (non-hydrogen) atoms. The summed E-state index contributed by atoms with van der Waals surface area (Å²) in [4.78, 5) is 0. The fraction of sp³-hybridized carbons (Fsp3) is 1.00. The Morgan fingerprint density at radius 3 is 1.88 bits per heavy atom. The van der Waals surface area contributed by atoms with Crippen LogP contribution in [-0.2, 0) is 9.47 Å². The van der Waals surface area contributed by atoms with Gasteiger partial charge in [0.1, 0.15) is 0 Å². The lowest BCUT2D eigenvalue weighted by atomic mass is 9.72. The van der Waals surface area contributed by atoms with E-state index in [-0.39, 0.29) is 5.79 Å². The molecule has 2 nitrogen and oxygen atoms in total. The van der Waals surface area contributed by atoms with Crippen LogP contribution in [0.15, 0.2) is 0 Å². The van der Waals surface area contributed by atoms with Crippen molar-refractivity contribution in [3.63, 3.8) is 0 Å². The van der Waals surface area contributed by atoms with E-state index >= 15 is 0 Å². The van der Waals surface area contributed by atoms with Gasteiger partial charge in [0, 0.05) is 12.8 Å². The molecule has 1 spiro atoms. The molecule has 1 heterocycles. The van der Waals surface area contributed by atoms with Crippen molar-refractivity contribution in [2.24, 2.45) is 11.8 Å². The van der Waals surface area contributed by atoms with E-state index in [0.717, 1.165) is 37.9 Å². The molecule has 0 aromatic heterocycles. The molecule has 3 aliphatic rings. The minimum absolute atomic E-state index is 0.148. The lowest BCUT2D eigenvalue weighted by molar-refractivity contribution is -0.185. The van der Waals surface area contributed by atoms with Crippen LogP contribution in [0.4, 0.5) is 0 Å². The quantitative estimate of drug-likeness (QED) is 0.678. The summed E-state index contributed by atoms with van der Waals surface area (Å²) in [5.74, 6) is 1.84. The second-order valence-corrected chi connectivity index (χ2v) is 5.84. The fourth-order valence-corrected chi connectivity index (χ4v) is 3.94.